The third-order valence-electron chi connectivity index (χ3n) is 5.53. The van der Waals surface area contributed by atoms with Crippen LogP contribution in [0, 0.1) is 5.92 Å². The van der Waals surface area contributed by atoms with E-state index in [0.29, 0.717) is 0 Å². The van der Waals surface area contributed by atoms with Gasteiger partial charge in [0.15, 0.2) is 0 Å². The highest BCUT2D eigenvalue weighted by Crippen LogP contribution is 2.54. The summed E-state index contributed by atoms with van der Waals surface area (Å²) in [5.74, 6) is 1.01. The first kappa shape index (κ1) is 16.3. The van der Waals surface area contributed by atoms with Crippen molar-refractivity contribution in [3.8, 4) is 11.1 Å². The fourth-order valence-corrected chi connectivity index (χ4v) is 4.36. The molecular weight excluding hydrogens is 276 g/mol. The zero-order valence-corrected chi connectivity index (χ0v) is 14.9. The summed E-state index contributed by atoms with van der Waals surface area (Å²) < 4.78 is 0. The van der Waals surface area contributed by atoms with Gasteiger partial charge in [0.2, 0.25) is 0 Å². The Morgan fingerprint density at radius 3 is 1.83 bits per heavy atom. The van der Waals surface area contributed by atoms with Crippen molar-refractivity contribution in [2.24, 2.45) is 5.92 Å². The number of benzene rings is 2. The van der Waals surface area contributed by atoms with Gasteiger partial charge in [0.25, 0.3) is 0 Å². The van der Waals surface area contributed by atoms with Crippen LogP contribution in [0.2, 0.25) is 0 Å². The van der Waals surface area contributed by atoms with Gasteiger partial charge in [-0.15, -0.1) is 0 Å². The van der Waals surface area contributed by atoms with Gasteiger partial charge in [-0.1, -0.05) is 88.6 Å². The molecule has 0 heteroatoms. The molecule has 1 fully saturated rings. The SMILES string of the molecule is CC.CCCC1(CCC2CC2)c2ccccc2-c2ccccc21. The highest BCUT2D eigenvalue weighted by Gasteiger charge is 2.42. The zero-order chi connectivity index (χ0) is 16.3. The molecule has 0 amide bonds. The molecule has 0 N–H and O–H groups in total. The number of fused-ring (bicyclic) bond motifs is 3. The van der Waals surface area contributed by atoms with Gasteiger partial charge in [0.05, 0.1) is 0 Å². The van der Waals surface area contributed by atoms with Gasteiger partial charge >= 0.3 is 0 Å². The molecule has 0 unspecified atom stereocenters. The van der Waals surface area contributed by atoms with E-state index in [1.54, 1.807) is 11.1 Å². The molecule has 0 saturated heterocycles. The van der Waals surface area contributed by atoms with Crippen LogP contribution < -0.4 is 0 Å². The number of rotatable bonds is 5. The second-order valence-corrected chi connectivity index (χ2v) is 6.91. The highest BCUT2D eigenvalue weighted by molar-refractivity contribution is 5.80. The lowest BCUT2D eigenvalue weighted by Gasteiger charge is -2.32. The zero-order valence-electron chi connectivity index (χ0n) is 14.9. The summed E-state index contributed by atoms with van der Waals surface area (Å²) in [7, 11) is 0. The van der Waals surface area contributed by atoms with Gasteiger partial charge in [-0.05, 0) is 47.4 Å². The van der Waals surface area contributed by atoms with Crippen molar-refractivity contribution in [3.05, 3.63) is 59.7 Å². The van der Waals surface area contributed by atoms with E-state index < -0.39 is 0 Å². The van der Waals surface area contributed by atoms with E-state index in [-0.39, 0.29) is 5.41 Å². The van der Waals surface area contributed by atoms with Crippen molar-refractivity contribution in [2.45, 2.75) is 64.7 Å². The third-order valence-corrected chi connectivity index (χ3v) is 5.53. The molecule has 0 aromatic heterocycles. The summed E-state index contributed by atoms with van der Waals surface area (Å²) in [6.45, 7) is 6.34. The second-order valence-electron chi connectivity index (χ2n) is 6.91. The molecule has 1 saturated carbocycles. The second kappa shape index (κ2) is 6.91. The minimum atomic E-state index is 0.282. The van der Waals surface area contributed by atoms with Gasteiger partial charge in [0.1, 0.15) is 0 Å². The van der Waals surface area contributed by atoms with Crippen molar-refractivity contribution in [3.63, 3.8) is 0 Å². The van der Waals surface area contributed by atoms with E-state index in [1.165, 1.54) is 49.7 Å². The van der Waals surface area contributed by atoms with Gasteiger partial charge in [-0.2, -0.15) is 0 Å². The fraction of sp³-hybridized carbons (Fsp3) is 0.478. The maximum atomic E-state index is 2.39. The molecule has 2 aliphatic rings. The van der Waals surface area contributed by atoms with Crippen molar-refractivity contribution in [2.75, 3.05) is 0 Å². The molecule has 23 heavy (non-hydrogen) atoms. The third kappa shape index (κ3) is 2.84. The Labute approximate surface area is 141 Å². The molecule has 0 radical (unpaired) electrons. The molecule has 0 nitrogen and oxygen atoms in total. The van der Waals surface area contributed by atoms with Crippen molar-refractivity contribution >= 4 is 0 Å². The fourth-order valence-electron chi connectivity index (χ4n) is 4.36. The summed E-state index contributed by atoms with van der Waals surface area (Å²) in [5.41, 5.74) is 6.43. The van der Waals surface area contributed by atoms with E-state index in [0.717, 1.165) is 5.92 Å². The van der Waals surface area contributed by atoms with Gasteiger partial charge < -0.3 is 0 Å². The van der Waals surface area contributed by atoms with Crippen LogP contribution in [0.1, 0.15) is 70.4 Å². The Morgan fingerprint density at radius 1 is 0.826 bits per heavy atom. The Kier molecular flexibility index (Phi) is 4.90. The van der Waals surface area contributed by atoms with Crippen molar-refractivity contribution in [1.82, 2.24) is 0 Å². The van der Waals surface area contributed by atoms with Crippen molar-refractivity contribution in [1.29, 1.82) is 0 Å². The van der Waals surface area contributed by atoms with E-state index in [1.807, 2.05) is 13.8 Å². The van der Waals surface area contributed by atoms with Crippen LogP contribution >= 0.6 is 0 Å². The summed E-state index contributed by atoms with van der Waals surface area (Å²) >= 11 is 0. The molecule has 4 rings (SSSR count). The number of hydrogen-bond acceptors (Lipinski definition) is 0. The Bertz CT molecular complexity index is 603. The van der Waals surface area contributed by atoms with Crippen LogP contribution in [0.4, 0.5) is 0 Å². The summed E-state index contributed by atoms with van der Waals surface area (Å²) in [6.07, 6.45) is 8.21. The van der Waals surface area contributed by atoms with Crippen LogP contribution in [0.25, 0.3) is 11.1 Å². The molecule has 0 atom stereocenters. The molecule has 0 aliphatic heterocycles. The predicted octanol–water partition coefficient (Wildman–Crippen LogP) is 6.97. The summed E-state index contributed by atoms with van der Waals surface area (Å²) in [4.78, 5) is 0. The lowest BCUT2D eigenvalue weighted by molar-refractivity contribution is 0.415. The highest BCUT2D eigenvalue weighted by atomic mass is 14.5. The van der Waals surface area contributed by atoms with Crippen LogP contribution in [0.5, 0.6) is 0 Å². The van der Waals surface area contributed by atoms with E-state index in [4.69, 9.17) is 0 Å². The van der Waals surface area contributed by atoms with Crippen LogP contribution in [-0.2, 0) is 5.41 Å². The molecule has 0 bridgehead atoms. The molecule has 0 heterocycles. The Balaban J connectivity index is 0.000000753. The molecule has 0 spiro atoms. The monoisotopic (exact) mass is 306 g/mol. The Hall–Kier alpha value is -1.56. The van der Waals surface area contributed by atoms with Crippen LogP contribution in [-0.4, -0.2) is 0 Å². The van der Waals surface area contributed by atoms with E-state index >= 15 is 0 Å². The summed E-state index contributed by atoms with van der Waals surface area (Å²) in [5, 5.41) is 0. The average Bonchev–Trinajstić information content (AvgIpc) is 3.41. The quantitative estimate of drug-likeness (QED) is 0.559. The van der Waals surface area contributed by atoms with Crippen LogP contribution in [0.15, 0.2) is 48.5 Å². The largest absolute Gasteiger partial charge is 0.0683 e. The maximum absolute atomic E-state index is 2.39. The minimum Gasteiger partial charge on any atom is -0.0683 e. The average molecular weight is 306 g/mol. The minimum absolute atomic E-state index is 0.282. The first-order chi connectivity index (χ1) is 11.3. The standard InChI is InChI=1S/C21H24.C2H6/c1-2-14-21(15-13-16-11-12-16)19-9-5-3-7-17(19)18-8-4-6-10-20(18)21;1-2/h3-10,16H,2,11-15H2,1H3;1-2H3. The topological polar surface area (TPSA) is 0 Å². The molecule has 2 aliphatic carbocycles. The van der Waals surface area contributed by atoms with Crippen molar-refractivity contribution < 1.29 is 0 Å². The molecule has 2 aromatic rings. The first-order valence-electron chi connectivity index (χ1n) is 9.54. The lowest BCUT2D eigenvalue weighted by atomic mass is 9.71. The van der Waals surface area contributed by atoms with Crippen LogP contribution in [0.3, 0.4) is 0 Å². The first-order valence-corrected chi connectivity index (χ1v) is 9.54. The summed E-state index contributed by atoms with van der Waals surface area (Å²) in [6, 6.07) is 18.3. The number of hydrogen-bond donors (Lipinski definition) is 0. The smallest absolute Gasteiger partial charge is 0.0215 e. The van der Waals surface area contributed by atoms with E-state index in [2.05, 4.69) is 55.5 Å². The normalized spacial score (nSPS) is 17.0. The molecule has 2 aromatic carbocycles. The predicted molar refractivity (Wildman–Crippen MR) is 101 cm³/mol. The molecule has 122 valence electrons. The van der Waals surface area contributed by atoms with E-state index in [9.17, 15) is 0 Å². The van der Waals surface area contributed by atoms with Gasteiger partial charge in [-0.25, -0.2) is 0 Å². The van der Waals surface area contributed by atoms with Gasteiger partial charge in [0, 0.05) is 5.41 Å². The molecular formula is C23H30. The van der Waals surface area contributed by atoms with Gasteiger partial charge in [-0.3, -0.25) is 0 Å². The lowest BCUT2D eigenvalue weighted by Crippen LogP contribution is -2.25. The Morgan fingerprint density at radius 2 is 1.35 bits per heavy atom. The maximum Gasteiger partial charge on any atom is 0.0215 e.